The monoisotopic (exact) mass is 338 g/mol. The summed E-state index contributed by atoms with van der Waals surface area (Å²) < 4.78 is 13.8. The number of hydrogen-bond donors (Lipinski definition) is 0. The number of benzene rings is 2. The minimum atomic E-state index is -0.00614. The lowest BCUT2D eigenvalue weighted by molar-refractivity contribution is 0.567. The summed E-state index contributed by atoms with van der Waals surface area (Å²) in [5.41, 5.74) is 5.07. The number of unbranched alkanes of at least 4 members (excludes halogenated alkanes) is 2. The molecule has 25 heavy (non-hydrogen) atoms. The van der Waals surface area contributed by atoms with E-state index < -0.39 is 0 Å². The molecular formula is C24H31F. The minimum Gasteiger partial charge on any atom is -0.212 e. The largest absolute Gasteiger partial charge is 0.212 e. The molecule has 0 nitrogen and oxygen atoms in total. The van der Waals surface area contributed by atoms with Crippen LogP contribution in [-0.4, -0.2) is 0 Å². The van der Waals surface area contributed by atoms with Crippen molar-refractivity contribution >= 4 is 6.08 Å². The zero-order valence-corrected chi connectivity index (χ0v) is 15.7. The highest BCUT2D eigenvalue weighted by molar-refractivity contribution is 5.51. The number of allylic oxidation sites excluding steroid dienone is 1. The second-order valence-electron chi connectivity index (χ2n) is 6.86. The fourth-order valence-corrected chi connectivity index (χ4v) is 3.03. The van der Waals surface area contributed by atoms with Gasteiger partial charge in [0.15, 0.2) is 0 Å². The van der Waals surface area contributed by atoms with Crippen LogP contribution in [0.25, 0.3) is 6.08 Å². The summed E-state index contributed by atoms with van der Waals surface area (Å²) in [4.78, 5) is 0. The molecule has 1 heteroatoms. The summed E-state index contributed by atoms with van der Waals surface area (Å²) in [6, 6.07) is 17.3. The fraction of sp³-hybridized carbons (Fsp3) is 0.417. The molecule has 0 atom stereocenters. The molecule has 0 aliphatic heterocycles. The summed E-state index contributed by atoms with van der Waals surface area (Å²) in [6.07, 6.45) is 9.82. The van der Waals surface area contributed by atoms with Gasteiger partial charge in [-0.15, -0.1) is 0 Å². The van der Waals surface area contributed by atoms with E-state index in [1.54, 1.807) is 6.08 Å². The summed E-state index contributed by atoms with van der Waals surface area (Å²) in [6.45, 7) is 4.35. The van der Waals surface area contributed by atoms with E-state index in [4.69, 9.17) is 0 Å². The van der Waals surface area contributed by atoms with Gasteiger partial charge in [0.2, 0.25) is 0 Å². The van der Waals surface area contributed by atoms with Gasteiger partial charge in [-0.1, -0.05) is 81.6 Å². The van der Waals surface area contributed by atoms with Crippen molar-refractivity contribution in [3.63, 3.8) is 0 Å². The molecule has 134 valence electrons. The molecule has 0 fully saturated rings. The molecule has 2 rings (SSSR count). The number of hydrogen-bond acceptors (Lipinski definition) is 0. The Morgan fingerprint density at radius 2 is 1.24 bits per heavy atom. The Kier molecular flexibility index (Phi) is 8.45. The first-order chi connectivity index (χ1) is 12.2. The van der Waals surface area contributed by atoms with E-state index in [1.165, 1.54) is 23.1 Å². The Bertz CT molecular complexity index is 635. The van der Waals surface area contributed by atoms with Gasteiger partial charge >= 0.3 is 0 Å². The molecule has 0 bridgehead atoms. The maximum atomic E-state index is 13.8. The van der Waals surface area contributed by atoms with Crippen molar-refractivity contribution in [2.75, 3.05) is 0 Å². The zero-order chi connectivity index (χ0) is 17.9. The Morgan fingerprint density at radius 1 is 0.720 bits per heavy atom. The normalized spacial score (nSPS) is 11.7. The molecule has 0 aromatic heterocycles. The molecule has 0 amide bonds. The van der Waals surface area contributed by atoms with Crippen molar-refractivity contribution in [1.29, 1.82) is 0 Å². The summed E-state index contributed by atoms with van der Waals surface area (Å²) in [5.74, 6) is -0.00614. The molecular weight excluding hydrogens is 307 g/mol. The fourth-order valence-electron chi connectivity index (χ4n) is 3.03. The molecule has 0 N–H and O–H groups in total. The van der Waals surface area contributed by atoms with Gasteiger partial charge in [0, 0.05) is 0 Å². The standard InChI is InChI=1S/C24H31F/c1-3-5-6-8-24(25)19-23-17-15-22(16-18-23)14-13-21-11-9-20(7-4-2)10-12-21/h9-12,15-19H,3-8,13-14H2,1-2H3. The van der Waals surface area contributed by atoms with Crippen molar-refractivity contribution in [3.05, 3.63) is 76.6 Å². The molecule has 0 saturated heterocycles. The van der Waals surface area contributed by atoms with Gasteiger partial charge in [-0.25, -0.2) is 4.39 Å². The molecule has 2 aromatic carbocycles. The van der Waals surface area contributed by atoms with Crippen LogP contribution in [0.4, 0.5) is 4.39 Å². The van der Waals surface area contributed by atoms with Crippen LogP contribution in [0.1, 0.15) is 68.2 Å². The van der Waals surface area contributed by atoms with Crippen LogP contribution in [0.5, 0.6) is 0 Å². The molecule has 0 aliphatic rings. The lowest BCUT2D eigenvalue weighted by Gasteiger charge is -2.05. The Balaban J connectivity index is 1.84. The topological polar surface area (TPSA) is 0 Å². The van der Waals surface area contributed by atoms with Gasteiger partial charge in [-0.2, -0.15) is 0 Å². The second kappa shape index (κ2) is 10.9. The van der Waals surface area contributed by atoms with E-state index >= 15 is 0 Å². The lowest BCUT2D eigenvalue weighted by Crippen LogP contribution is -1.92. The van der Waals surface area contributed by atoms with Crippen LogP contribution in [0.2, 0.25) is 0 Å². The third-order valence-electron chi connectivity index (χ3n) is 4.59. The van der Waals surface area contributed by atoms with Crippen molar-refractivity contribution in [2.24, 2.45) is 0 Å². The summed E-state index contributed by atoms with van der Waals surface area (Å²) in [7, 11) is 0. The van der Waals surface area contributed by atoms with Crippen LogP contribution >= 0.6 is 0 Å². The van der Waals surface area contributed by atoms with Gasteiger partial charge in [-0.05, 0) is 60.4 Å². The summed E-state index contributed by atoms with van der Waals surface area (Å²) >= 11 is 0. The van der Waals surface area contributed by atoms with E-state index in [-0.39, 0.29) is 5.83 Å². The van der Waals surface area contributed by atoms with Crippen molar-refractivity contribution in [3.8, 4) is 0 Å². The van der Waals surface area contributed by atoms with Crippen LogP contribution in [0.3, 0.4) is 0 Å². The van der Waals surface area contributed by atoms with Gasteiger partial charge in [-0.3, -0.25) is 0 Å². The predicted molar refractivity (Wildman–Crippen MR) is 108 cm³/mol. The first kappa shape index (κ1) is 19.4. The molecule has 0 heterocycles. The van der Waals surface area contributed by atoms with E-state index in [0.717, 1.165) is 44.1 Å². The molecule has 0 aliphatic carbocycles. The first-order valence-electron chi connectivity index (χ1n) is 9.74. The number of aryl methyl sites for hydroxylation is 3. The lowest BCUT2D eigenvalue weighted by atomic mass is 10.0. The third kappa shape index (κ3) is 7.25. The highest BCUT2D eigenvalue weighted by atomic mass is 19.1. The third-order valence-corrected chi connectivity index (χ3v) is 4.59. The van der Waals surface area contributed by atoms with Gasteiger partial charge in [0.05, 0.1) is 0 Å². The summed E-state index contributed by atoms with van der Waals surface area (Å²) in [5, 5.41) is 0. The van der Waals surface area contributed by atoms with Crippen molar-refractivity contribution in [2.45, 2.75) is 65.2 Å². The van der Waals surface area contributed by atoms with E-state index in [0.29, 0.717) is 6.42 Å². The second-order valence-corrected chi connectivity index (χ2v) is 6.86. The van der Waals surface area contributed by atoms with Gasteiger partial charge in [0.25, 0.3) is 0 Å². The average molecular weight is 339 g/mol. The molecule has 2 aromatic rings. The first-order valence-corrected chi connectivity index (χ1v) is 9.74. The Labute approximate surface area is 152 Å². The number of halogens is 1. The Morgan fingerprint density at radius 3 is 1.76 bits per heavy atom. The van der Waals surface area contributed by atoms with Crippen LogP contribution < -0.4 is 0 Å². The van der Waals surface area contributed by atoms with Crippen molar-refractivity contribution < 1.29 is 4.39 Å². The SMILES string of the molecule is CCCCCC(F)=Cc1ccc(CCc2ccc(CCC)cc2)cc1. The number of rotatable bonds is 10. The zero-order valence-electron chi connectivity index (χ0n) is 15.7. The van der Waals surface area contributed by atoms with Crippen LogP contribution in [-0.2, 0) is 19.3 Å². The van der Waals surface area contributed by atoms with Crippen molar-refractivity contribution in [1.82, 2.24) is 0 Å². The molecule has 0 spiro atoms. The minimum absolute atomic E-state index is 0.00614. The van der Waals surface area contributed by atoms with E-state index in [1.807, 2.05) is 12.1 Å². The Hall–Kier alpha value is -1.89. The highest BCUT2D eigenvalue weighted by Gasteiger charge is 1.99. The molecule has 0 unspecified atom stereocenters. The highest BCUT2D eigenvalue weighted by Crippen LogP contribution is 2.16. The van der Waals surface area contributed by atoms with Gasteiger partial charge < -0.3 is 0 Å². The maximum Gasteiger partial charge on any atom is 0.101 e. The molecule has 0 radical (unpaired) electrons. The van der Waals surface area contributed by atoms with Crippen LogP contribution in [0, 0.1) is 0 Å². The van der Waals surface area contributed by atoms with Crippen LogP contribution in [0.15, 0.2) is 54.4 Å². The van der Waals surface area contributed by atoms with Gasteiger partial charge in [0.1, 0.15) is 5.83 Å². The van der Waals surface area contributed by atoms with E-state index in [9.17, 15) is 4.39 Å². The maximum absolute atomic E-state index is 13.8. The quantitative estimate of drug-likeness (QED) is 0.398. The predicted octanol–water partition coefficient (Wildman–Crippen LogP) is 7.32. The smallest absolute Gasteiger partial charge is 0.101 e. The molecule has 0 saturated carbocycles. The average Bonchev–Trinajstić information content (AvgIpc) is 2.63. The van der Waals surface area contributed by atoms with E-state index in [2.05, 4.69) is 50.2 Å².